The maximum Gasteiger partial charge on any atom is 0.338 e. The van der Waals surface area contributed by atoms with Crippen molar-refractivity contribution in [1.29, 1.82) is 0 Å². The third kappa shape index (κ3) is 5.14. The zero-order chi connectivity index (χ0) is 19.2. The number of non-ortho nitro benzene ring substituents is 1. The molecular formula is C21H23NO5. The van der Waals surface area contributed by atoms with Crippen molar-refractivity contribution in [2.75, 3.05) is 0 Å². The lowest BCUT2D eigenvalue weighted by Gasteiger charge is -2.33. The molecule has 2 aromatic carbocycles. The van der Waals surface area contributed by atoms with Crippen LogP contribution in [0.15, 0.2) is 54.6 Å². The van der Waals surface area contributed by atoms with Crippen molar-refractivity contribution in [2.24, 2.45) is 5.92 Å². The summed E-state index contributed by atoms with van der Waals surface area (Å²) in [5, 5.41) is 10.7. The molecule has 3 rings (SSSR count). The summed E-state index contributed by atoms with van der Waals surface area (Å²) in [4.78, 5) is 22.5. The number of nitro benzene ring substituents is 1. The minimum Gasteiger partial charge on any atom is -0.459 e. The fourth-order valence-corrected chi connectivity index (χ4v) is 3.39. The third-order valence-electron chi connectivity index (χ3n) is 4.94. The predicted octanol–water partition coefficient (Wildman–Crippen LogP) is 4.53. The Morgan fingerprint density at radius 2 is 1.81 bits per heavy atom. The fraction of sp³-hybridized carbons (Fsp3) is 0.381. The highest BCUT2D eigenvalue weighted by atomic mass is 16.6. The van der Waals surface area contributed by atoms with E-state index in [2.05, 4.69) is 6.92 Å². The van der Waals surface area contributed by atoms with Gasteiger partial charge in [0.15, 0.2) is 0 Å². The molecule has 3 unspecified atom stereocenters. The molecule has 0 heterocycles. The number of nitrogens with zero attached hydrogens (tertiary/aromatic N) is 1. The molecule has 0 aliphatic heterocycles. The Kier molecular flexibility index (Phi) is 6.19. The first kappa shape index (κ1) is 19.0. The maximum absolute atomic E-state index is 12.3. The second-order valence-electron chi connectivity index (χ2n) is 6.96. The van der Waals surface area contributed by atoms with Crippen LogP contribution in [-0.2, 0) is 16.1 Å². The van der Waals surface area contributed by atoms with Gasteiger partial charge in [-0.25, -0.2) is 4.79 Å². The normalized spacial score (nSPS) is 22.2. The van der Waals surface area contributed by atoms with E-state index in [9.17, 15) is 14.9 Å². The quantitative estimate of drug-likeness (QED) is 0.425. The highest BCUT2D eigenvalue weighted by Crippen LogP contribution is 2.30. The molecule has 6 nitrogen and oxygen atoms in total. The van der Waals surface area contributed by atoms with Crippen molar-refractivity contribution in [3.63, 3.8) is 0 Å². The predicted molar refractivity (Wildman–Crippen MR) is 100 cm³/mol. The number of esters is 1. The molecule has 0 bridgehead atoms. The van der Waals surface area contributed by atoms with Gasteiger partial charge in [-0.3, -0.25) is 10.1 Å². The van der Waals surface area contributed by atoms with Crippen LogP contribution in [0, 0.1) is 16.0 Å². The van der Waals surface area contributed by atoms with E-state index in [0.717, 1.165) is 24.8 Å². The van der Waals surface area contributed by atoms with Crippen molar-refractivity contribution in [1.82, 2.24) is 0 Å². The van der Waals surface area contributed by atoms with Crippen LogP contribution in [-0.4, -0.2) is 23.1 Å². The highest BCUT2D eigenvalue weighted by Gasteiger charge is 2.30. The minimum atomic E-state index is -0.493. The Morgan fingerprint density at radius 3 is 2.44 bits per heavy atom. The Balaban J connectivity index is 1.48. The lowest BCUT2D eigenvalue weighted by atomic mass is 9.86. The average Bonchev–Trinajstić information content (AvgIpc) is 2.68. The van der Waals surface area contributed by atoms with Gasteiger partial charge in [-0.15, -0.1) is 0 Å². The third-order valence-corrected chi connectivity index (χ3v) is 4.94. The molecular weight excluding hydrogens is 346 g/mol. The van der Waals surface area contributed by atoms with Crippen LogP contribution < -0.4 is 0 Å². The molecule has 1 aliphatic rings. The summed E-state index contributed by atoms with van der Waals surface area (Å²) in [5.41, 5.74) is 1.43. The summed E-state index contributed by atoms with van der Waals surface area (Å²) in [6.07, 6.45) is 2.34. The zero-order valence-corrected chi connectivity index (χ0v) is 15.2. The largest absolute Gasteiger partial charge is 0.459 e. The van der Waals surface area contributed by atoms with Crippen molar-refractivity contribution in [2.45, 2.75) is 45.0 Å². The van der Waals surface area contributed by atoms with E-state index < -0.39 is 10.9 Å². The molecule has 0 spiro atoms. The molecule has 0 aromatic heterocycles. The van der Waals surface area contributed by atoms with Gasteiger partial charge in [-0.1, -0.05) is 37.3 Å². The monoisotopic (exact) mass is 369 g/mol. The van der Waals surface area contributed by atoms with Crippen molar-refractivity contribution in [3.05, 3.63) is 75.8 Å². The number of benzene rings is 2. The fourth-order valence-electron chi connectivity index (χ4n) is 3.39. The molecule has 1 saturated carbocycles. The molecule has 2 aromatic rings. The summed E-state index contributed by atoms with van der Waals surface area (Å²) in [6, 6.07) is 15.5. The molecule has 0 radical (unpaired) electrons. The number of carbonyl (C=O) groups is 1. The van der Waals surface area contributed by atoms with E-state index >= 15 is 0 Å². The van der Waals surface area contributed by atoms with Gasteiger partial charge >= 0.3 is 5.97 Å². The van der Waals surface area contributed by atoms with Gasteiger partial charge in [0.2, 0.25) is 0 Å². The number of hydrogen-bond donors (Lipinski definition) is 0. The summed E-state index contributed by atoms with van der Waals surface area (Å²) >= 11 is 0. The average molecular weight is 369 g/mol. The molecule has 1 fully saturated rings. The van der Waals surface area contributed by atoms with Gasteiger partial charge in [-0.05, 0) is 42.9 Å². The SMILES string of the molecule is CC1CC(OC(=O)c2ccc([N+](=O)[O-])cc2)CCC1OCc1ccccc1. The first-order chi connectivity index (χ1) is 13.0. The van der Waals surface area contributed by atoms with Gasteiger partial charge in [0.05, 0.1) is 23.2 Å². The molecule has 142 valence electrons. The van der Waals surface area contributed by atoms with E-state index in [1.807, 2.05) is 30.3 Å². The van der Waals surface area contributed by atoms with Crippen LogP contribution in [0.3, 0.4) is 0 Å². The van der Waals surface area contributed by atoms with E-state index in [-0.39, 0.29) is 23.8 Å². The first-order valence-electron chi connectivity index (χ1n) is 9.14. The van der Waals surface area contributed by atoms with Crippen LogP contribution in [0.1, 0.15) is 42.1 Å². The summed E-state index contributed by atoms with van der Waals surface area (Å²) < 4.78 is 11.6. The number of ether oxygens (including phenoxy) is 2. The van der Waals surface area contributed by atoms with E-state index in [1.54, 1.807) is 0 Å². The Morgan fingerprint density at radius 1 is 1.11 bits per heavy atom. The first-order valence-corrected chi connectivity index (χ1v) is 9.14. The van der Waals surface area contributed by atoms with Crippen molar-refractivity contribution in [3.8, 4) is 0 Å². The standard InChI is InChI=1S/C21H23NO5/c1-15-13-19(11-12-20(15)26-14-16-5-3-2-4-6-16)27-21(23)17-7-9-18(10-8-17)22(24)25/h2-10,15,19-20H,11-14H2,1H3. The lowest BCUT2D eigenvalue weighted by Crippen LogP contribution is -2.34. The van der Waals surface area contributed by atoms with Crippen LogP contribution >= 0.6 is 0 Å². The number of carbonyl (C=O) groups excluding carboxylic acids is 1. The van der Waals surface area contributed by atoms with E-state index in [1.165, 1.54) is 24.3 Å². The van der Waals surface area contributed by atoms with E-state index in [0.29, 0.717) is 12.2 Å². The van der Waals surface area contributed by atoms with Crippen LogP contribution in [0.4, 0.5) is 5.69 Å². The van der Waals surface area contributed by atoms with Gasteiger partial charge in [0.25, 0.3) is 5.69 Å². The van der Waals surface area contributed by atoms with Crippen LogP contribution in [0.5, 0.6) is 0 Å². The second-order valence-corrected chi connectivity index (χ2v) is 6.96. The molecule has 0 amide bonds. The summed E-state index contributed by atoms with van der Waals surface area (Å²) in [5.74, 6) is -0.150. The van der Waals surface area contributed by atoms with Crippen molar-refractivity contribution >= 4 is 11.7 Å². The molecule has 0 N–H and O–H groups in total. The van der Waals surface area contributed by atoms with Gasteiger partial charge in [0, 0.05) is 12.1 Å². The number of rotatable bonds is 6. The smallest absolute Gasteiger partial charge is 0.338 e. The molecule has 1 aliphatic carbocycles. The van der Waals surface area contributed by atoms with Crippen LogP contribution in [0.2, 0.25) is 0 Å². The van der Waals surface area contributed by atoms with Crippen LogP contribution in [0.25, 0.3) is 0 Å². The summed E-state index contributed by atoms with van der Waals surface area (Å²) in [6.45, 7) is 2.70. The molecule has 0 saturated heterocycles. The van der Waals surface area contributed by atoms with Gasteiger partial charge in [0.1, 0.15) is 6.10 Å². The maximum atomic E-state index is 12.3. The topological polar surface area (TPSA) is 78.7 Å². The molecule has 6 heteroatoms. The Bertz CT molecular complexity index is 775. The van der Waals surface area contributed by atoms with Gasteiger partial charge in [-0.2, -0.15) is 0 Å². The number of nitro groups is 1. The Hall–Kier alpha value is -2.73. The zero-order valence-electron chi connectivity index (χ0n) is 15.2. The Labute approximate surface area is 158 Å². The molecule has 3 atom stereocenters. The number of hydrogen-bond acceptors (Lipinski definition) is 5. The highest BCUT2D eigenvalue weighted by molar-refractivity contribution is 5.89. The summed E-state index contributed by atoms with van der Waals surface area (Å²) in [7, 11) is 0. The van der Waals surface area contributed by atoms with E-state index in [4.69, 9.17) is 9.47 Å². The lowest BCUT2D eigenvalue weighted by molar-refractivity contribution is -0.384. The van der Waals surface area contributed by atoms with Gasteiger partial charge < -0.3 is 9.47 Å². The minimum absolute atomic E-state index is 0.0451. The molecule has 27 heavy (non-hydrogen) atoms. The van der Waals surface area contributed by atoms with Crippen molar-refractivity contribution < 1.29 is 19.2 Å². The second kappa shape index (κ2) is 8.77.